The predicted octanol–water partition coefficient (Wildman–Crippen LogP) is 4.24. The van der Waals surface area contributed by atoms with E-state index in [-0.39, 0.29) is 6.54 Å². The van der Waals surface area contributed by atoms with Crippen molar-refractivity contribution < 1.29 is 18.3 Å². The smallest absolute Gasteiger partial charge is 0.391 e. The average molecular weight is 504 g/mol. The van der Waals surface area contributed by atoms with Crippen LogP contribution in [-0.2, 0) is 12.7 Å². The molecule has 5 rings (SSSR count). The summed E-state index contributed by atoms with van der Waals surface area (Å²) in [6, 6.07) is 11.8. The van der Waals surface area contributed by atoms with Crippen molar-refractivity contribution in [3.63, 3.8) is 0 Å². The molecule has 7 nitrogen and oxygen atoms in total. The Bertz CT molecular complexity index is 1410. The summed E-state index contributed by atoms with van der Waals surface area (Å²) in [6.45, 7) is 1.02. The number of hydrogen-bond donors (Lipinski definition) is 1. The summed E-state index contributed by atoms with van der Waals surface area (Å²) in [5.74, 6) is 0. The topological polar surface area (TPSA) is 75.7 Å². The number of fused-ring (bicyclic) bond motifs is 1. The van der Waals surface area contributed by atoms with E-state index in [4.69, 9.17) is 11.6 Å². The highest BCUT2D eigenvalue weighted by atomic mass is 35.5. The largest absolute Gasteiger partial charge is 0.416 e. The van der Waals surface area contributed by atoms with Crippen LogP contribution in [0.4, 0.5) is 18.9 Å². The van der Waals surface area contributed by atoms with Crippen molar-refractivity contribution in [2.45, 2.75) is 31.7 Å². The third kappa shape index (κ3) is 4.63. The minimum absolute atomic E-state index is 0.0152. The van der Waals surface area contributed by atoms with Crippen LogP contribution in [-0.4, -0.2) is 43.7 Å². The fourth-order valence-electron chi connectivity index (χ4n) is 4.33. The highest BCUT2D eigenvalue weighted by Gasteiger charge is 2.30. The Morgan fingerprint density at radius 3 is 2.46 bits per heavy atom. The predicted molar refractivity (Wildman–Crippen MR) is 126 cm³/mol. The van der Waals surface area contributed by atoms with Crippen molar-refractivity contribution in [3.05, 3.63) is 81.4 Å². The van der Waals surface area contributed by atoms with Crippen LogP contribution in [0.15, 0.2) is 59.5 Å². The van der Waals surface area contributed by atoms with E-state index in [1.807, 2.05) is 17.0 Å². The van der Waals surface area contributed by atoms with Gasteiger partial charge in [0.05, 0.1) is 30.1 Å². The van der Waals surface area contributed by atoms with E-state index in [2.05, 4.69) is 10.2 Å². The molecule has 182 valence electrons. The third-order valence-electron chi connectivity index (χ3n) is 6.07. The molecule has 0 bridgehead atoms. The Morgan fingerprint density at radius 2 is 1.80 bits per heavy atom. The van der Waals surface area contributed by atoms with E-state index < -0.39 is 23.5 Å². The normalized spacial score (nSPS) is 16.7. The molecule has 2 aromatic carbocycles. The molecular formula is C24H21ClF3N5O2. The molecular weight excluding hydrogens is 483 g/mol. The number of anilines is 1. The Labute approximate surface area is 203 Å². The number of aliphatic hydroxyl groups is 1. The number of benzene rings is 2. The molecule has 0 spiro atoms. The SMILES string of the molecule is O=c1n(Cc2ccc(C(F)(F)F)cc2)nc2c(N3CCCC(O)C3)c(-c3ccc(Cl)cc3)cnn12. The number of nitrogens with zero attached hydrogens (tertiary/aromatic N) is 5. The van der Waals surface area contributed by atoms with Gasteiger partial charge in [-0.15, -0.1) is 5.10 Å². The van der Waals surface area contributed by atoms with E-state index in [1.54, 1.807) is 18.3 Å². The zero-order valence-electron chi connectivity index (χ0n) is 18.4. The lowest BCUT2D eigenvalue weighted by Crippen LogP contribution is -2.39. The van der Waals surface area contributed by atoms with Crippen molar-refractivity contribution in [1.82, 2.24) is 19.4 Å². The maximum atomic E-state index is 13.1. The van der Waals surface area contributed by atoms with Gasteiger partial charge in [0.1, 0.15) is 0 Å². The second-order valence-electron chi connectivity index (χ2n) is 8.53. The second kappa shape index (κ2) is 9.01. The van der Waals surface area contributed by atoms with E-state index in [0.717, 1.165) is 29.7 Å². The Morgan fingerprint density at radius 1 is 1.09 bits per heavy atom. The number of hydrogen-bond acceptors (Lipinski definition) is 5. The Kier molecular flexibility index (Phi) is 6.02. The molecule has 0 amide bonds. The lowest BCUT2D eigenvalue weighted by Gasteiger charge is -2.33. The molecule has 2 aromatic heterocycles. The summed E-state index contributed by atoms with van der Waals surface area (Å²) in [4.78, 5) is 15.1. The molecule has 1 aliphatic rings. The summed E-state index contributed by atoms with van der Waals surface area (Å²) in [7, 11) is 0. The van der Waals surface area contributed by atoms with Crippen LogP contribution in [0.25, 0.3) is 16.8 Å². The van der Waals surface area contributed by atoms with Crippen LogP contribution < -0.4 is 10.6 Å². The lowest BCUT2D eigenvalue weighted by atomic mass is 10.0. The van der Waals surface area contributed by atoms with Crippen molar-refractivity contribution >= 4 is 22.9 Å². The molecule has 4 aromatic rings. The summed E-state index contributed by atoms with van der Waals surface area (Å²) in [5, 5.41) is 19.7. The monoisotopic (exact) mass is 503 g/mol. The number of halogens is 4. The van der Waals surface area contributed by atoms with Gasteiger partial charge in [0, 0.05) is 23.7 Å². The first-order chi connectivity index (χ1) is 16.7. The van der Waals surface area contributed by atoms with Gasteiger partial charge in [0.25, 0.3) is 0 Å². The molecule has 3 heterocycles. The van der Waals surface area contributed by atoms with Gasteiger partial charge < -0.3 is 10.0 Å². The maximum absolute atomic E-state index is 13.1. The molecule has 0 aliphatic carbocycles. The van der Waals surface area contributed by atoms with Crippen LogP contribution >= 0.6 is 11.6 Å². The number of alkyl halides is 3. The molecule has 0 radical (unpaired) electrons. The maximum Gasteiger partial charge on any atom is 0.416 e. The number of rotatable bonds is 4. The first-order valence-corrected chi connectivity index (χ1v) is 11.4. The number of aliphatic hydroxyl groups excluding tert-OH is 1. The lowest BCUT2D eigenvalue weighted by molar-refractivity contribution is -0.137. The van der Waals surface area contributed by atoms with Crippen molar-refractivity contribution in [2.24, 2.45) is 0 Å². The number of piperidine rings is 1. The van der Waals surface area contributed by atoms with Crippen LogP contribution in [0.2, 0.25) is 5.02 Å². The Hall–Kier alpha value is -3.37. The first-order valence-electron chi connectivity index (χ1n) is 11.0. The van der Waals surface area contributed by atoms with E-state index >= 15 is 0 Å². The molecule has 1 N–H and O–H groups in total. The molecule has 1 fully saturated rings. The Balaban J connectivity index is 1.61. The summed E-state index contributed by atoms with van der Waals surface area (Å²) >= 11 is 6.05. The van der Waals surface area contributed by atoms with Gasteiger partial charge in [-0.1, -0.05) is 35.9 Å². The molecule has 0 saturated carbocycles. The van der Waals surface area contributed by atoms with Crippen molar-refractivity contribution in [1.29, 1.82) is 0 Å². The van der Waals surface area contributed by atoms with Gasteiger partial charge in [0.15, 0.2) is 0 Å². The highest BCUT2D eigenvalue weighted by molar-refractivity contribution is 6.30. The molecule has 1 unspecified atom stereocenters. The standard InChI is InChI=1S/C24H21ClF3N5O2/c25-18-9-5-16(6-10-18)20-12-29-33-22(21(20)31-11-1-2-19(34)14-31)30-32(23(33)35)13-15-3-7-17(8-4-15)24(26,27)28/h3-10,12,19,34H,1-2,11,13-14H2. The highest BCUT2D eigenvalue weighted by Crippen LogP contribution is 2.35. The van der Waals surface area contributed by atoms with Crippen LogP contribution in [0.5, 0.6) is 0 Å². The fraction of sp³-hybridized carbons (Fsp3) is 0.292. The minimum atomic E-state index is -4.44. The van der Waals surface area contributed by atoms with Gasteiger partial charge in [-0.25, -0.2) is 9.48 Å². The minimum Gasteiger partial charge on any atom is -0.391 e. The van der Waals surface area contributed by atoms with Crippen LogP contribution in [0, 0.1) is 0 Å². The van der Waals surface area contributed by atoms with Gasteiger partial charge in [-0.05, 0) is 48.2 Å². The quantitative estimate of drug-likeness (QED) is 0.451. The van der Waals surface area contributed by atoms with E-state index in [9.17, 15) is 23.1 Å². The second-order valence-corrected chi connectivity index (χ2v) is 8.96. The molecule has 35 heavy (non-hydrogen) atoms. The van der Waals surface area contributed by atoms with Crippen LogP contribution in [0.3, 0.4) is 0 Å². The molecule has 1 aliphatic heterocycles. The van der Waals surface area contributed by atoms with Gasteiger partial charge in [0.2, 0.25) is 5.65 Å². The number of β-amino-alcohol motifs (C(OH)–C–C–N with tert-alkyl or cyclic N) is 1. The molecule has 1 atom stereocenters. The van der Waals surface area contributed by atoms with Gasteiger partial charge >= 0.3 is 11.9 Å². The number of aromatic nitrogens is 4. The average Bonchev–Trinajstić information content (AvgIpc) is 3.14. The van der Waals surface area contributed by atoms with E-state index in [0.29, 0.717) is 41.4 Å². The van der Waals surface area contributed by atoms with Crippen LogP contribution in [0.1, 0.15) is 24.0 Å². The summed E-state index contributed by atoms with van der Waals surface area (Å²) < 4.78 is 41.0. The van der Waals surface area contributed by atoms with Crippen molar-refractivity contribution in [2.75, 3.05) is 18.0 Å². The van der Waals surface area contributed by atoms with Crippen molar-refractivity contribution in [3.8, 4) is 11.1 Å². The first kappa shape index (κ1) is 23.4. The zero-order valence-corrected chi connectivity index (χ0v) is 19.2. The summed E-state index contributed by atoms with van der Waals surface area (Å²) in [6.07, 6.45) is -1.92. The summed E-state index contributed by atoms with van der Waals surface area (Å²) in [5.41, 5.74) is 1.74. The molecule has 11 heteroatoms. The van der Waals surface area contributed by atoms with Gasteiger partial charge in [-0.3, -0.25) is 0 Å². The fourth-order valence-corrected chi connectivity index (χ4v) is 4.46. The van der Waals surface area contributed by atoms with Gasteiger partial charge in [-0.2, -0.15) is 22.8 Å². The third-order valence-corrected chi connectivity index (χ3v) is 6.32. The van der Waals surface area contributed by atoms with E-state index in [1.165, 1.54) is 21.3 Å². The molecule has 1 saturated heterocycles. The zero-order chi connectivity index (χ0) is 24.7.